The molecule has 20 heavy (non-hydrogen) atoms. The molecule has 0 unspecified atom stereocenters. The Morgan fingerprint density at radius 2 is 2.20 bits per heavy atom. The second-order valence-electron chi connectivity index (χ2n) is 4.37. The van der Waals surface area contributed by atoms with Crippen molar-refractivity contribution in [3.8, 4) is 10.6 Å². The predicted molar refractivity (Wildman–Crippen MR) is 74.2 cm³/mol. The van der Waals surface area contributed by atoms with Gasteiger partial charge in [-0.25, -0.2) is 4.98 Å². The van der Waals surface area contributed by atoms with Gasteiger partial charge in [-0.3, -0.25) is 14.6 Å². The molecule has 0 aliphatic carbocycles. The van der Waals surface area contributed by atoms with Gasteiger partial charge in [0.1, 0.15) is 15.9 Å². The molecule has 1 aliphatic heterocycles. The number of hydrogen-bond donors (Lipinski definition) is 2. The summed E-state index contributed by atoms with van der Waals surface area (Å²) < 4.78 is 0. The van der Waals surface area contributed by atoms with E-state index in [1.165, 1.54) is 17.5 Å². The minimum atomic E-state index is -0.436. The molecule has 2 aromatic heterocycles. The Labute approximate surface area is 119 Å². The average Bonchev–Trinajstić information content (AvgIpc) is 3.10. The van der Waals surface area contributed by atoms with Crippen LogP contribution < -0.4 is 10.6 Å². The van der Waals surface area contributed by atoms with Gasteiger partial charge in [0.2, 0.25) is 5.91 Å². The third-order valence-electron chi connectivity index (χ3n) is 3.01. The van der Waals surface area contributed by atoms with E-state index in [-0.39, 0.29) is 11.8 Å². The summed E-state index contributed by atoms with van der Waals surface area (Å²) in [5.41, 5.74) is 0.919. The molecular formula is C13H12N4O2S. The lowest BCUT2D eigenvalue weighted by Gasteiger charge is -2.07. The van der Waals surface area contributed by atoms with E-state index in [9.17, 15) is 9.59 Å². The molecule has 2 amide bonds. The number of pyridine rings is 1. The maximum atomic E-state index is 12.1. The summed E-state index contributed by atoms with van der Waals surface area (Å²) in [5.74, 6) is -0.387. The number of aromatic nitrogens is 2. The van der Waals surface area contributed by atoms with Gasteiger partial charge in [-0.1, -0.05) is 0 Å². The van der Waals surface area contributed by atoms with Crippen LogP contribution in [0.5, 0.6) is 0 Å². The first-order valence-corrected chi connectivity index (χ1v) is 7.00. The number of rotatable bonds is 3. The highest BCUT2D eigenvalue weighted by atomic mass is 32.1. The van der Waals surface area contributed by atoms with Crippen molar-refractivity contribution >= 4 is 23.2 Å². The molecule has 2 aromatic rings. The Balaban J connectivity index is 1.73. The summed E-state index contributed by atoms with van der Waals surface area (Å²) in [6, 6.07) is 3.24. The van der Waals surface area contributed by atoms with Gasteiger partial charge in [0.15, 0.2) is 0 Å². The van der Waals surface area contributed by atoms with Crippen LogP contribution in [0.15, 0.2) is 30.7 Å². The maximum absolute atomic E-state index is 12.1. The van der Waals surface area contributed by atoms with Crippen LogP contribution in [0.1, 0.15) is 16.1 Å². The third kappa shape index (κ3) is 2.53. The quantitative estimate of drug-likeness (QED) is 0.876. The van der Waals surface area contributed by atoms with E-state index in [1.807, 2.05) is 12.1 Å². The number of thiazole rings is 1. The van der Waals surface area contributed by atoms with E-state index in [2.05, 4.69) is 20.6 Å². The summed E-state index contributed by atoms with van der Waals surface area (Å²) in [6.07, 6.45) is 5.52. The summed E-state index contributed by atoms with van der Waals surface area (Å²) in [7, 11) is 0. The summed E-state index contributed by atoms with van der Waals surface area (Å²) in [4.78, 5) is 32.2. The zero-order valence-corrected chi connectivity index (χ0v) is 11.3. The highest BCUT2D eigenvalue weighted by Gasteiger charge is 2.26. The van der Waals surface area contributed by atoms with Crippen molar-refractivity contribution in [2.75, 3.05) is 6.54 Å². The van der Waals surface area contributed by atoms with Gasteiger partial charge in [0.05, 0.1) is 6.20 Å². The molecule has 3 heterocycles. The van der Waals surface area contributed by atoms with Crippen molar-refractivity contribution in [2.45, 2.75) is 12.5 Å². The van der Waals surface area contributed by atoms with Crippen molar-refractivity contribution in [2.24, 2.45) is 0 Å². The zero-order valence-electron chi connectivity index (χ0n) is 10.5. The molecule has 2 N–H and O–H groups in total. The highest BCUT2D eigenvalue weighted by Crippen LogP contribution is 2.24. The SMILES string of the molecule is O=C(N[C@H]1CCNC1=O)c1cnc(-c2ccncc2)s1. The van der Waals surface area contributed by atoms with Gasteiger partial charge in [-0.15, -0.1) is 11.3 Å². The zero-order chi connectivity index (χ0) is 13.9. The van der Waals surface area contributed by atoms with Crippen molar-refractivity contribution in [1.29, 1.82) is 0 Å². The van der Waals surface area contributed by atoms with Crippen LogP contribution in [0.25, 0.3) is 10.6 Å². The molecule has 102 valence electrons. The van der Waals surface area contributed by atoms with Crippen LogP contribution in [-0.2, 0) is 4.79 Å². The van der Waals surface area contributed by atoms with Crippen LogP contribution in [0, 0.1) is 0 Å². The molecular weight excluding hydrogens is 276 g/mol. The minimum absolute atomic E-state index is 0.128. The van der Waals surface area contributed by atoms with Gasteiger partial charge in [0.25, 0.3) is 5.91 Å². The van der Waals surface area contributed by atoms with E-state index < -0.39 is 6.04 Å². The fourth-order valence-electron chi connectivity index (χ4n) is 1.97. The molecule has 6 nitrogen and oxygen atoms in total. The molecule has 0 radical (unpaired) electrons. The second-order valence-corrected chi connectivity index (χ2v) is 5.40. The molecule has 7 heteroatoms. The van der Waals surface area contributed by atoms with Gasteiger partial charge < -0.3 is 10.6 Å². The molecule has 1 aliphatic rings. The Morgan fingerprint density at radius 3 is 2.90 bits per heavy atom. The molecule has 0 saturated carbocycles. The molecule has 3 rings (SSSR count). The maximum Gasteiger partial charge on any atom is 0.263 e. The van der Waals surface area contributed by atoms with E-state index in [0.717, 1.165) is 10.6 Å². The van der Waals surface area contributed by atoms with Crippen LogP contribution in [0.4, 0.5) is 0 Å². The summed E-state index contributed by atoms with van der Waals surface area (Å²) >= 11 is 1.30. The minimum Gasteiger partial charge on any atom is -0.354 e. The van der Waals surface area contributed by atoms with E-state index >= 15 is 0 Å². The van der Waals surface area contributed by atoms with Crippen LogP contribution in [0.3, 0.4) is 0 Å². The first kappa shape index (κ1) is 12.7. The average molecular weight is 288 g/mol. The van der Waals surface area contributed by atoms with Crippen LogP contribution >= 0.6 is 11.3 Å². The molecule has 1 atom stereocenters. The highest BCUT2D eigenvalue weighted by molar-refractivity contribution is 7.16. The number of hydrogen-bond acceptors (Lipinski definition) is 5. The number of nitrogens with one attached hydrogen (secondary N) is 2. The number of amides is 2. The van der Waals surface area contributed by atoms with Crippen molar-refractivity contribution in [3.05, 3.63) is 35.6 Å². The Bertz CT molecular complexity index is 641. The Hall–Kier alpha value is -2.28. The van der Waals surface area contributed by atoms with Crippen molar-refractivity contribution in [3.63, 3.8) is 0 Å². The standard InChI is InChI=1S/C13H12N4O2S/c18-11-9(3-6-15-11)17-12(19)10-7-16-13(20-10)8-1-4-14-5-2-8/h1-2,4-5,7,9H,3,6H2,(H,15,18)(H,17,19)/t9-/m0/s1. The van der Waals surface area contributed by atoms with Crippen LogP contribution in [-0.4, -0.2) is 34.4 Å². The second kappa shape index (κ2) is 5.38. The van der Waals surface area contributed by atoms with Crippen molar-refractivity contribution in [1.82, 2.24) is 20.6 Å². The summed E-state index contributed by atoms with van der Waals surface area (Å²) in [6.45, 7) is 0.606. The number of carbonyl (C=O) groups excluding carboxylic acids is 2. The van der Waals surface area contributed by atoms with Gasteiger partial charge in [-0.2, -0.15) is 0 Å². The monoisotopic (exact) mass is 288 g/mol. The van der Waals surface area contributed by atoms with Crippen molar-refractivity contribution < 1.29 is 9.59 Å². The first-order valence-electron chi connectivity index (χ1n) is 6.19. The largest absolute Gasteiger partial charge is 0.354 e. The fraction of sp³-hybridized carbons (Fsp3) is 0.231. The predicted octanol–water partition coefficient (Wildman–Crippen LogP) is 0.823. The molecule has 1 fully saturated rings. The van der Waals surface area contributed by atoms with E-state index in [4.69, 9.17) is 0 Å². The smallest absolute Gasteiger partial charge is 0.263 e. The number of nitrogens with zero attached hydrogens (tertiary/aromatic N) is 2. The van der Waals surface area contributed by atoms with Crippen LogP contribution in [0.2, 0.25) is 0 Å². The first-order chi connectivity index (χ1) is 9.74. The number of carbonyl (C=O) groups is 2. The van der Waals surface area contributed by atoms with E-state index in [1.54, 1.807) is 12.4 Å². The molecule has 0 aromatic carbocycles. The topological polar surface area (TPSA) is 84.0 Å². The van der Waals surface area contributed by atoms with Gasteiger partial charge in [-0.05, 0) is 18.6 Å². The lowest BCUT2D eigenvalue weighted by Crippen LogP contribution is -2.39. The Morgan fingerprint density at radius 1 is 1.40 bits per heavy atom. The Kier molecular flexibility index (Phi) is 3.42. The molecule has 0 bridgehead atoms. The lowest BCUT2D eigenvalue weighted by atomic mass is 10.2. The van der Waals surface area contributed by atoms with Gasteiger partial charge >= 0.3 is 0 Å². The summed E-state index contributed by atoms with van der Waals surface area (Å²) in [5, 5.41) is 6.16. The van der Waals surface area contributed by atoms with Gasteiger partial charge in [0, 0.05) is 24.5 Å². The third-order valence-corrected chi connectivity index (χ3v) is 4.06. The molecule has 1 saturated heterocycles. The lowest BCUT2D eigenvalue weighted by molar-refractivity contribution is -0.120. The normalized spacial score (nSPS) is 17.8. The van der Waals surface area contributed by atoms with E-state index in [0.29, 0.717) is 17.8 Å². The molecule has 0 spiro atoms. The fourth-order valence-corrected chi connectivity index (χ4v) is 2.79.